The molecule has 0 spiro atoms. The summed E-state index contributed by atoms with van der Waals surface area (Å²) in [6.07, 6.45) is 9.25. The topological polar surface area (TPSA) is 38.7 Å². The van der Waals surface area contributed by atoms with Gasteiger partial charge in [0.05, 0.1) is 13.7 Å². The summed E-state index contributed by atoms with van der Waals surface area (Å²) >= 11 is 0. The first-order valence-corrected chi connectivity index (χ1v) is 10.7. The van der Waals surface area contributed by atoms with Gasteiger partial charge in [-0.05, 0) is 49.9 Å². The van der Waals surface area contributed by atoms with E-state index in [-0.39, 0.29) is 0 Å². The van der Waals surface area contributed by atoms with Crippen LogP contribution in [0.25, 0.3) is 0 Å². The average molecular weight is 387 g/mol. The molecule has 2 aromatic rings. The summed E-state index contributed by atoms with van der Waals surface area (Å²) in [5.41, 5.74) is 2.16. The van der Waals surface area contributed by atoms with E-state index in [2.05, 4.69) is 13.8 Å². The van der Waals surface area contributed by atoms with Crippen LogP contribution in [0.4, 0.5) is 0 Å². The van der Waals surface area contributed by atoms with Crippen LogP contribution in [0.5, 0.6) is 17.2 Å². The highest BCUT2D eigenvalue weighted by Gasteiger charge is 2.08. The number of para-hydroxylation sites is 1. The maximum absolute atomic E-state index is 9.95. The minimum atomic E-state index is 0.377. The molecule has 0 atom stereocenters. The van der Waals surface area contributed by atoms with Gasteiger partial charge in [0.15, 0.2) is 0 Å². The Kier molecular flexibility index (Phi) is 12.7. The van der Waals surface area contributed by atoms with Gasteiger partial charge in [0.1, 0.15) is 17.2 Å². The van der Waals surface area contributed by atoms with Crippen LogP contribution in [0.1, 0.15) is 69.9 Å². The van der Waals surface area contributed by atoms with Gasteiger partial charge in [0.25, 0.3) is 0 Å². The smallest absolute Gasteiger partial charge is 0.126 e. The zero-order chi connectivity index (χ0) is 20.6. The minimum absolute atomic E-state index is 0.377. The summed E-state index contributed by atoms with van der Waals surface area (Å²) in [5.74, 6) is 2.20. The fourth-order valence-electron chi connectivity index (χ4n) is 2.99. The molecule has 2 rings (SSSR count). The molecule has 0 heterocycles. The number of methoxy groups -OCH3 is 1. The predicted molar refractivity (Wildman–Crippen MR) is 119 cm³/mol. The first kappa shape index (κ1) is 23.9. The number of phenolic OH excluding ortho intramolecular Hbond substituents is 1. The standard InChI is InChI=1S/C17H28O2.C8H10O/c1-3-5-7-9-14-19-17-13-10-12-16(18)15(17)11-8-6-4-2;1-7-5-3-4-6-8(7)9-2/h10,12-13,18H,3-9,11,14H2,1-2H3;3-6H,1-2H3. The van der Waals surface area contributed by atoms with Gasteiger partial charge < -0.3 is 14.6 Å². The number of rotatable bonds is 11. The summed E-state index contributed by atoms with van der Waals surface area (Å²) in [6, 6.07) is 13.5. The van der Waals surface area contributed by atoms with Crippen molar-refractivity contribution in [2.24, 2.45) is 0 Å². The van der Waals surface area contributed by atoms with E-state index in [4.69, 9.17) is 9.47 Å². The molecule has 0 aliphatic carbocycles. The van der Waals surface area contributed by atoms with Gasteiger partial charge in [0, 0.05) is 5.56 Å². The molecular weight excluding hydrogens is 348 g/mol. The van der Waals surface area contributed by atoms with Crippen molar-refractivity contribution in [3.63, 3.8) is 0 Å². The summed E-state index contributed by atoms with van der Waals surface area (Å²) in [6.45, 7) is 7.18. The normalized spacial score (nSPS) is 10.1. The summed E-state index contributed by atoms with van der Waals surface area (Å²) in [5, 5.41) is 9.95. The van der Waals surface area contributed by atoms with E-state index < -0.39 is 0 Å². The van der Waals surface area contributed by atoms with Gasteiger partial charge in [-0.15, -0.1) is 0 Å². The van der Waals surface area contributed by atoms with E-state index in [0.29, 0.717) is 5.75 Å². The number of aryl methyl sites for hydroxylation is 1. The second kappa shape index (κ2) is 14.8. The van der Waals surface area contributed by atoms with Gasteiger partial charge in [-0.3, -0.25) is 0 Å². The van der Waals surface area contributed by atoms with E-state index >= 15 is 0 Å². The molecule has 2 aromatic carbocycles. The molecule has 156 valence electrons. The largest absolute Gasteiger partial charge is 0.508 e. The lowest BCUT2D eigenvalue weighted by atomic mass is 10.1. The Morgan fingerprint density at radius 2 is 1.46 bits per heavy atom. The van der Waals surface area contributed by atoms with Crippen LogP contribution >= 0.6 is 0 Å². The minimum Gasteiger partial charge on any atom is -0.508 e. The fourth-order valence-corrected chi connectivity index (χ4v) is 2.99. The van der Waals surface area contributed by atoms with E-state index in [0.717, 1.165) is 42.9 Å². The highest BCUT2D eigenvalue weighted by atomic mass is 16.5. The van der Waals surface area contributed by atoms with Crippen molar-refractivity contribution in [2.45, 2.75) is 72.1 Å². The number of phenols is 1. The third-order valence-corrected chi connectivity index (χ3v) is 4.71. The maximum Gasteiger partial charge on any atom is 0.126 e. The van der Waals surface area contributed by atoms with E-state index in [1.165, 1.54) is 37.7 Å². The number of aromatic hydroxyl groups is 1. The maximum atomic E-state index is 9.95. The Hall–Kier alpha value is -2.16. The third-order valence-electron chi connectivity index (χ3n) is 4.71. The molecule has 0 amide bonds. The molecule has 0 bridgehead atoms. The lowest BCUT2D eigenvalue weighted by Gasteiger charge is -2.12. The average Bonchev–Trinajstić information content (AvgIpc) is 2.70. The fraction of sp³-hybridized carbons (Fsp3) is 0.520. The third kappa shape index (κ3) is 9.16. The van der Waals surface area contributed by atoms with Crippen LogP contribution in [-0.4, -0.2) is 18.8 Å². The Labute approximate surface area is 171 Å². The first-order valence-electron chi connectivity index (χ1n) is 10.7. The van der Waals surface area contributed by atoms with Crippen molar-refractivity contribution < 1.29 is 14.6 Å². The zero-order valence-electron chi connectivity index (χ0n) is 18.2. The Balaban J connectivity index is 0.000000362. The van der Waals surface area contributed by atoms with Crippen molar-refractivity contribution >= 4 is 0 Å². The first-order chi connectivity index (χ1) is 13.6. The van der Waals surface area contributed by atoms with Crippen molar-refractivity contribution in [3.8, 4) is 17.2 Å². The quantitative estimate of drug-likeness (QED) is 0.419. The SMILES string of the molecule is CCCCCCOc1cccc(O)c1CCCCC.COc1ccccc1C. The van der Waals surface area contributed by atoms with Crippen LogP contribution in [0.3, 0.4) is 0 Å². The van der Waals surface area contributed by atoms with E-state index in [1.807, 2.05) is 43.3 Å². The van der Waals surface area contributed by atoms with Crippen molar-refractivity contribution in [1.29, 1.82) is 0 Å². The Bertz CT molecular complexity index is 652. The van der Waals surface area contributed by atoms with Crippen molar-refractivity contribution in [1.82, 2.24) is 0 Å². The number of benzene rings is 2. The van der Waals surface area contributed by atoms with Crippen molar-refractivity contribution in [3.05, 3.63) is 53.6 Å². The van der Waals surface area contributed by atoms with E-state index in [9.17, 15) is 5.11 Å². The molecule has 0 aliphatic rings. The highest BCUT2D eigenvalue weighted by Crippen LogP contribution is 2.29. The zero-order valence-corrected chi connectivity index (χ0v) is 18.2. The van der Waals surface area contributed by atoms with Crippen LogP contribution in [0.15, 0.2) is 42.5 Å². The van der Waals surface area contributed by atoms with Gasteiger partial charge in [-0.1, -0.05) is 70.2 Å². The molecule has 1 N–H and O–H groups in total. The van der Waals surface area contributed by atoms with Crippen LogP contribution < -0.4 is 9.47 Å². The number of hydrogen-bond acceptors (Lipinski definition) is 3. The number of unbranched alkanes of at least 4 members (excludes halogenated alkanes) is 5. The summed E-state index contributed by atoms with van der Waals surface area (Å²) in [7, 11) is 1.68. The van der Waals surface area contributed by atoms with Crippen LogP contribution in [0.2, 0.25) is 0 Å². The lowest BCUT2D eigenvalue weighted by Crippen LogP contribution is -2.01. The monoisotopic (exact) mass is 386 g/mol. The number of hydrogen-bond donors (Lipinski definition) is 1. The molecular formula is C25H38O3. The number of ether oxygens (including phenoxy) is 2. The van der Waals surface area contributed by atoms with Crippen LogP contribution in [0, 0.1) is 6.92 Å². The van der Waals surface area contributed by atoms with Gasteiger partial charge >= 0.3 is 0 Å². The molecule has 0 saturated heterocycles. The molecule has 3 heteroatoms. The second-order valence-electron chi connectivity index (χ2n) is 7.09. The van der Waals surface area contributed by atoms with Gasteiger partial charge in [-0.2, -0.15) is 0 Å². The predicted octanol–water partition coefficient (Wildman–Crippen LogP) is 7.09. The molecule has 0 saturated carbocycles. The second-order valence-corrected chi connectivity index (χ2v) is 7.09. The molecule has 28 heavy (non-hydrogen) atoms. The van der Waals surface area contributed by atoms with Gasteiger partial charge in [0.2, 0.25) is 0 Å². The molecule has 0 fully saturated rings. The molecule has 0 unspecified atom stereocenters. The molecule has 0 aromatic heterocycles. The summed E-state index contributed by atoms with van der Waals surface area (Å²) in [4.78, 5) is 0. The molecule has 0 radical (unpaired) electrons. The Morgan fingerprint density at radius 1 is 0.786 bits per heavy atom. The van der Waals surface area contributed by atoms with Crippen molar-refractivity contribution in [2.75, 3.05) is 13.7 Å². The van der Waals surface area contributed by atoms with E-state index in [1.54, 1.807) is 13.2 Å². The Morgan fingerprint density at radius 3 is 2.11 bits per heavy atom. The summed E-state index contributed by atoms with van der Waals surface area (Å²) < 4.78 is 10.9. The molecule has 0 aliphatic heterocycles. The van der Waals surface area contributed by atoms with Crippen LogP contribution in [-0.2, 0) is 6.42 Å². The highest BCUT2D eigenvalue weighted by molar-refractivity contribution is 5.44. The molecule has 3 nitrogen and oxygen atoms in total. The van der Waals surface area contributed by atoms with Gasteiger partial charge in [-0.25, -0.2) is 0 Å². The lowest BCUT2D eigenvalue weighted by molar-refractivity contribution is 0.299.